The molecule has 2 aliphatic heterocycles. The second-order valence-electron chi connectivity index (χ2n) is 12.8. The van der Waals surface area contributed by atoms with E-state index in [4.69, 9.17) is 5.26 Å². The van der Waals surface area contributed by atoms with Crippen LogP contribution in [0.3, 0.4) is 0 Å². The van der Waals surface area contributed by atoms with Crippen LogP contribution in [0.2, 0.25) is 0 Å². The third-order valence-electron chi connectivity index (χ3n) is 9.64. The molecule has 9 nitrogen and oxygen atoms in total. The number of aromatic amines is 2. The molecule has 0 atom stereocenters. The van der Waals surface area contributed by atoms with Crippen molar-refractivity contribution >= 4 is 22.2 Å². The predicted octanol–water partition coefficient (Wildman–Crippen LogP) is 7.11. The zero-order valence-corrected chi connectivity index (χ0v) is 27.3. The summed E-state index contributed by atoms with van der Waals surface area (Å²) in [6.07, 6.45) is 6.46. The maximum Gasteiger partial charge on any atom is 0.417 e. The molecular weight excluding hydrogens is 593 g/mol. The molecule has 46 heavy (non-hydrogen) atoms. The number of nitrogens with zero attached hydrogens (tertiary/aromatic N) is 6. The Morgan fingerprint density at radius 2 is 1.61 bits per heavy atom. The highest BCUT2D eigenvalue weighted by atomic mass is 19.4. The zero-order valence-electron chi connectivity index (χ0n) is 27.3. The molecule has 2 saturated heterocycles. The highest BCUT2D eigenvalue weighted by Crippen LogP contribution is 2.37. The molecule has 2 N–H and O–H groups in total. The summed E-state index contributed by atoms with van der Waals surface area (Å²) in [6.45, 7) is 8.00. The normalized spacial score (nSPS) is 18.8. The Morgan fingerprint density at radius 1 is 0.957 bits per heavy atom. The number of benzene rings is 1. The highest BCUT2D eigenvalue weighted by Gasteiger charge is 2.35. The Morgan fingerprint density at radius 3 is 2.20 bits per heavy atom. The highest BCUT2D eigenvalue weighted by molar-refractivity contribution is 5.79. The number of pyridine rings is 1. The predicted molar refractivity (Wildman–Crippen MR) is 178 cm³/mol. The smallest absolute Gasteiger partial charge is 0.341 e. The summed E-state index contributed by atoms with van der Waals surface area (Å²) >= 11 is 0. The van der Waals surface area contributed by atoms with Gasteiger partial charge in [-0.25, -0.2) is 14.8 Å². The number of hydrogen-bond acceptors (Lipinski definition) is 6. The number of halogens is 3. The van der Waals surface area contributed by atoms with Crippen molar-refractivity contribution in [3.05, 3.63) is 57.4 Å². The fourth-order valence-corrected chi connectivity index (χ4v) is 6.68. The Kier molecular flexibility index (Phi) is 10.5. The van der Waals surface area contributed by atoms with Crippen LogP contribution >= 0.6 is 0 Å². The van der Waals surface area contributed by atoms with Crippen molar-refractivity contribution in [3.8, 4) is 6.07 Å². The largest absolute Gasteiger partial charge is 0.417 e. The van der Waals surface area contributed by atoms with Gasteiger partial charge in [0.05, 0.1) is 33.7 Å². The maximum absolute atomic E-state index is 13.1. The van der Waals surface area contributed by atoms with Crippen LogP contribution < -0.4 is 5.69 Å². The SMILES string of the molecule is CC.CN1CCC(Cc2nc3ncc(C4CCC4)cc3[nH]2)CC1.CN1CCC(n2c(=O)[nH]c3cc(C#N)c(C(F)(F)F)cc32)CC1.[HH].[HH]. The van der Waals surface area contributed by atoms with Gasteiger partial charge in [-0.05, 0) is 114 Å². The number of alkyl halides is 3. The molecule has 1 aromatic carbocycles. The van der Waals surface area contributed by atoms with Gasteiger partial charge in [0.25, 0.3) is 0 Å². The average Bonchev–Trinajstić information content (AvgIpc) is 3.56. The van der Waals surface area contributed by atoms with Crippen molar-refractivity contribution in [1.29, 1.82) is 5.26 Å². The fraction of sp³-hybridized carbons (Fsp3) is 0.588. The quantitative estimate of drug-likeness (QED) is 0.246. The van der Waals surface area contributed by atoms with Crippen molar-refractivity contribution in [1.82, 2.24) is 34.3 Å². The van der Waals surface area contributed by atoms with Gasteiger partial charge < -0.3 is 19.8 Å². The standard InChI is InChI=1S/C17H24N4.C15H15F3N4O.C2H6.2H2/c1-21-7-5-12(6-8-21)9-16-19-15-10-14(13-3-2-4-13)11-18-17(15)20-16;1-21-4-2-10(3-5-21)22-13-7-11(15(16,17)18)9(8-19)6-12(13)20-14(22)23;1-2;;/h10-13H,2-9H2,1H3,(H,18,19,20);6-7,10H,2-5H2,1H3,(H,20,23);1-2H3;2*1H. The van der Waals surface area contributed by atoms with E-state index in [1.807, 2.05) is 27.1 Å². The molecule has 0 spiro atoms. The summed E-state index contributed by atoms with van der Waals surface area (Å²) in [7, 11) is 4.18. The number of likely N-dealkylation sites (tertiary alicyclic amines) is 2. The van der Waals surface area contributed by atoms with Crippen molar-refractivity contribution in [2.24, 2.45) is 5.92 Å². The molecule has 5 heterocycles. The number of aromatic nitrogens is 5. The molecule has 0 bridgehead atoms. The summed E-state index contributed by atoms with van der Waals surface area (Å²) < 4.78 is 40.8. The van der Waals surface area contributed by atoms with Gasteiger partial charge in [-0.3, -0.25) is 4.57 Å². The molecule has 3 aliphatic rings. The summed E-state index contributed by atoms with van der Waals surface area (Å²) in [4.78, 5) is 32.1. The first-order valence-electron chi connectivity index (χ1n) is 16.6. The van der Waals surface area contributed by atoms with E-state index in [0.717, 1.165) is 60.5 Å². The molecule has 12 heteroatoms. The van der Waals surface area contributed by atoms with E-state index in [1.54, 1.807) is 6.07 Å². The maximum atomic E-state index is 13.1. The molecule has 0 amide bonds. The topological polar surface area (TPSA) is 110 Å². The molecule has 252 valence electrons. The minimum atomic E-state index is -4.63. The van der Waals surface area contributed by atoms with E-state index in [1.165, 1.54) is 55.3 Å². The van der Waals surface area contributed by atoms with Crippen LogP contribution in [0.5, 0.6) is 0 Å². The van der Waals surface area contributed by atoms with Gasteiger partial charge in [0.2, 0.25) is 0 Å². The third kappa shape index (κ3) is 7.47. The minimum Gasteiger partial charge on any atom is -0.341 e. The van der Waals surface area contributed by atoms with Gasteiger partial charge in [0.15, 0.2) is 5.65 Å². The Bertz CT molecular complexity index is 1720. The van der Waals surface area contributed by atoms with Crippen LogP contribution in [0.1, 0.15) is 96.1 Å². The fourth-order valence-electron chi connectivity index (χ4n) is 6.68. The van der Waals surface area contributed by atoms with E-state index < -0.39 is 23.0 Å². The van der Waals surface area contributed by atoms with Gasteiger partial charge >= 0.3 is 11.9 Å². The Balaban J connectivity index is 0.000000239. The van der Waals surface area contributed by atoms with E-state index >= 15 is 0 Å². The number of nitrogens with one attached hydrogen (secondary N) is 2. The van der Waals surface area contributed by atoms with E-state index in [0.29, 0.717) is 12.8 Å². The number of hydrogen-bond donors (Lipinski definition) is 2. The summed E-state index contributed by atoms with van der Waals surface area (Å²) in [5.74, 6) is 2.63. The molecular formula is C34H49F3N8O. The molecule has 0 radical (unpaired) electrons. The second kappa shape index (κ2) is 14.4. The van der Waals surface area contributed by atoms with Gasteiger partial charge in [-0.2, -0.15) is 18.4 Å². The van der Waals surface area contributed by atoms with E-state index in [-0.39, 0.29) is 19.9 Å². The molecule has 4 aromatic rings. The first-order valence-corrected chi connectivity index (χ1v) is 16.6. The lowest BCUT2D eigenvalue weighted by molar-refractivity contribution is -0.137. The average molecular weight is 643 g/mol. The molecule has 7 rings (SSSR count). The Labute approximate surface area is 270 Å². The number of nitriles is 1. The zero-order chi connectivity index (χ0) is 33.0. The van der Waals surface area contributed by atoms with Crippen LogP contribution in [-0.4, -0.2) is 74.6 Å². The van der Waals surface area contributed by atoms with Crippen molar-refractivity contribution in [2.75, 3.05) is 40.3 Å². The monoisotopic (exact) mass is 642 g/mol. The van der Waals surface area contributed by atoms with Crippen LogP contribution in [0.15, 0.2) is 29.2 Å². The molecule has 1 saturated carbocycles. The van der Waals surface area contributed by atoms with Gasteiger partial charge in [-0.1, -0.05) is 20.3 Å². The molecule has 3 fully saturated rings. The summed E-state index contributed by atoms with van der Waals surface area (Å²) in [6, 6.07) is 5.70. The van der Waals surface area contributed by atoms with Gasteiger partial charge in [0.1, 0.15) is 5.82 Å². The molecule has 0 unspecified atom stereocenters. The van der Waals surface area contributed by atoms with Crippen molar-refractivity contribution in [2.45, 2.75) is 83.4 Å². The van der Waals surface area contributed by atoms with Gasteiger partial charge in [0, 0.05) is 21.5 Å². The number of H-pyrrole nitrogens is 2. The molecule has 3 aromatic heterocycles. The van der Waals surface area contributed by atoms with Crippen LogP contribution in [-0.2, 0) is 12.6 Å². The lowest BCUT2D eigenvalue weighted by atomic mass is 9.81. The van der Waals surface area contributed by atoms with Crippen LogP contribution in [0.4, 0.5) is 13.2 Å². The van der Waals surface area contributed by atoms with Crippen molar-refractivity contribution < 1.29 is 16.0 Å². The molecule has 1 aliphatic carbocycles. The second-order valence-corrected chi connectivity index (χ2v) is 12.8. The first kappa shape index (κ1) is 33.7. The number of piperidine rings is 2. The minimum absolute atomic E-state index is 0. The third-order valence-corrected chi connectivity index (χ3v) is 9.64. The first-order chi connectivity index (χ1) is 22.1. The number of rotatable bonds is 4. The lowest BCUT2D eigenvalue weighted by Gasteiger charge is -2.29. The van der Waals surface area contributed by atoms with E-state index in [9.17, 15) is 18.0 Å². The Hall–Kier alpha value is -3.69. The lowest BCUT2D eigenvalue weighted by Crippen LogP contribution is -2.34. The summed E-state index contributed by atoms with van der Waals surface area (Å²) in [5.41, 5.74) is 1.95. The van der Waals surface area contributed by atoms with E-state index in [2.05, 4.69) is 42.8 Å². The summed E-state index contributed by atoms with van der Waals surface area (Å²) in [5, 5.41) is 8.94. The number of fused-ring (bicyclic) bond motifs is 2. The number of imidazole rings is 2. The van der Waals surface area contributed by atoms with Crippen molar-refractivity contribution in [3.63, 3.8) is 0 Å². The van der Waals surface area contributed by atoms with Gasteiger partial charge in [-0.15, -0.1) is 0 Å². The van der Waals surface area contributed by atoms with Crippen LogP contribution in [0.25, 0.3) is 22.2 Å². The van der Waals surface area contributed by atoms with Crippen LogP contribution in [0, 0.1) is 17.2 Å².